The van der Waals surface area contributed by atoms with Gasteiger partial charge in [-0.3, -0.25) is 4.79 Å². The minimum Gasteiger partial charge on any atom is -0.481 e. The molecule has 2 aromatic carbocycles. The minimum absolute atomic E-state index is 0.0911. The van der Waals surface area contributed by atoms with Crippen LogP contribution in [0.2, 0.25) is 10.0 Å². The summed E-state index contributed by atoms with van der Waals surface area (Å²) < 4.78 is 5.11. The van der Waals surface area contributed by atoms with Gasteiger partial charge in [-0.15, -0.1) is 0 Å². The van der Waals surface area contributed by atoms with E-state index in [1.54, 1.807) is 12.1 Å². The van der Waals surface area contributed by atoms with Crippen LogP contribution in [0.1, 0.15) is 23.6 Å². The van der Waals surface area contributed by atoms with Gasteiger partial charge in [0.2, 0.25) is 0 Å². The van der Waals surface area contributed by atoms with Crippen molar-refractivity contribution in [2.45, 2.75) is 19.1 Å². The number of carbonyl (C=O) groups is 2. The average Bonchev–Trinajstić information content (AvgIpc) is 2.55. The quantitative estimate of drug-likeness (QED) is 0.791. The van der Waals surface area contributed by atoms with Crippen LogP contribution in [-0.2, 0) is 16.1 Å². The molecule has 2 rings (SSSR count). The summed E-state index contributed by atoms with van der Waals surface area (Å²) in [7, 11) is 0. The van der Waals surface area contributed by atoms with Gasteiger partial charge in [-0.25, -0.2) is 4.79 Å². The molecule has 1 amide bonds. The van der Waals surface area contributed by atoms with E-state index in [2.05, 4.69) is 5.32 Å². The molecule has 0 bridgehead atoms. The first-order valence-electron chi connectivity index (χ1n) is 7.09. The molecule has 7 heteroatoms. The van der Waals surface area contributed by atoms with Gasteiger partial charge in [0.15, 0.2) is 0 Å². The number of hydrogen-bond donors (Lipinski definition) is 2. The van der Waals surface area contributed by atoms with Crippen molar-refractivity contribution in [2.24, 2.45) is 0 Å². The number of rotatable bonds is 6. The molecular formula is C17H15Cl2NO4. The number of carbonyl (C=O) groups excluding carboxylic acids is 1. The van der Waals surface area contributed by atoms with Gasteiger partial charge in [0, 0.05) is 0 Å². The van der Waals surface area contributed by atoms with E-state index in [4.69, 9.17) is 33.0 Å². The number of amides is 1. The third-order valence-corrected chi connectivity index (χ3v) is 3.97. The van der Waals surface area contributed by atoms with E-state index >= 15 is 0 Å². The maximum absolute atomic E-state index is 11.9. The molecule has 0 aliphatic heterocycles. The first-order valence-corrected chi connectivity index (χ1v) is 7.85. The Labute approximate surface area is 149 Å². The lowest BCUT2D eigenvalue weighted by atomic mass is 10.0. The Kier molecular flexibility index (Phi) is 6.46. The van der Waals surface area contributed by atoms with Crippen LogP contribution in [0.4, 0.5) is 4.79 Å². The summed E-state index contributed by atoms with van der Waals surface area (Å²) in [5.41, 5.74) is 1.36. The summed E-state index contributed by atoms with van der Waals surface area (Å²) in [5, 5.41) is 12.2. The highest BCUT2D eigenvalue weighted by atomic mass is 35.5. The summed E-state index contributed by atoms with van der Waals surface area (Å²) in [4.78, 5) is 23.0. The summed E-state index contributed by atoms with van der Waals surface area (Å²) in [5.74, 6) is -1.06. The van der Waals surface area contributed by atoms with Crippen molar-refractivity contribution in [3.05, 3.63) is 69.7 Å². The molecule has 0 saturated carbocycles. The molecular weight excluding hydrogens is 353 g/mol. The van der Waals surface area contributed by atoms with Crippen molar-refractivity contribution in [1.82, 2.24) is 5.32 Å². The molecule has 0 saturated heterocycles. The Morgan fingerprint density at radius 3 is 2.42 bits per heavy atom. The molecule has 0 radical (unpaired) electrons. The predicted molar refractivity (Wildman–Crippen MR) is 91.2 cm³/mol. The topological polar surface area (TPSA) is 75.6 Å². The van der Waals surface area contributed by atoms with E-state index in [1.165, 1.54) is 6.07 Å². The summed E-state index contributed by atoms with van der Waals surface area (Å²) >= 11 is 11.8. The number of carboxylic acid groups (broad SMARTS) is 1. The number of ether oxygens (including phenoxy) is 1. The number of benzene rings is 2. The van der Waals surface area contributed by atoms with Crippen molar-refractivity contribution in [3.8, 4) is 0 Å². The highest BCUT2D eigenvalue weighted by Crippen LogP contribution is 2.27. The van der Waals surface area contributed by atoms with Gasteiger partial charge >= 0.3 is 12.1 Å². The van der Waals surface area contributed by atoms with Gasteiger partial charge < -0.3 is 15.2 Å². The molecule has 1 atom stereocenters. The SMILES string of the molecule is O=C(O)C[C@@H](NC(=O)OCc1ccccc1)c1ccc(Cl)c(Cl)c1. The second-order valence-corrected chi connectivity index (χ2v) is 5.84. The number of hydrogen-bond acceptors (Lipinski definition) is 3. The molecule has 0 aromatic heterocycles. The maximum Gasteiger partial charge on any atom is 0.407 e. The Morgan fingerprint density at radius 2 is 1.79 bits per heavy atom. The van der Waals surface area contributed by atoms with Crippen molar-refractivity contribution in [1.29, 1.82) is 0 Å². The molecule has 0 fully saturated rings. The fourth-order valence-electron chi connectivity index (χ4n) is 2.06. The minimum atomic E-state index is -1.06. The average molecular weight is 368 g/mol. The van der Waals surface area contributed by atoms with E-state index in [9.17, 15) is 9.59 Å². The fourth-order valence-corrected chi connectivity index (χ4v) is 2.37. The number of carboxylic acids is 1. The molecule has 5 nitrogen and oxygen atoms in total. The fraction of sp³-hybridized carbons (Fsp3) is 0.176. The molecule has 0 spiro atoms. The van der Waals surface area contributed by atoms with Crippen molar-refractivity contribution in [3.63, 3.8) is 0 Å². The Balaban J connectivity index is 2.03. The van der Waals surface area contributed by atoms with Gasteiger partial charge in [-0.1, -0.05) is 59.6 Å². The molecule has 0 aliphatic carbocycles. The molecule has 126 valence electrons. The number of aliphatic carboxylic acids is 1. The van der Waals surface area contributed by atoms with E-state index in [-0.39, 0.29) is 18.1 Å². The highest BCUT2D eigenvalue weighted by Gasteiger charge is 2.19. The molecule has 2 N–H and O–H groups in total. The predicted octanol–water partition coefficient (Wildman–Crippen LogP) is 4.44. The number of alkyl carbamates (subject to hydrolysis) is 1. The molecule has 0 unspecified atom stereocenters. The Hall–Kier alpha value is -2.24. The molecule has 2 aromatic rings. The van der Waals surface area contributed by atoms with Gasteiger partial charge in [0.1, 0.15) is 6.61 Å². The Morgan fingerprint density at radius 1 is 1.08 bits per heavy atom. The van der Waals surface area contributed by atoms with Crippen LogP contribution in [0.25, 0.3) is 0 Å². The van der Waals surface area contributed by atoms with Crippen LogP contribution in [-0.4, -0.2) is 17.2 Å². The third kappa shape index (κ3) is 5.44. The largest absolute Gasteiger partial charge is 0.481 e. The molecule has 0 heterocycles. The van der Waals surface area contributed by atoms with Crippen LogP contribution in [0.15, 0.2) is 48.5 Å². The monoisotopic (exact) mass is 367 g/mol. The Bertz CT molecular complexity index is 722. The van der Waals surface area contributed by atoms with Crippen molar-refractivity contribution >= 4 is 35.3 Å². The lowest BCUT2D eigenvalue weighted by molar-refractivity contribution is -0.137. The highest BCUT2D eigenvalue weighted by molar-refractivity contribution is 6.42. The van der Waals surface area contributed by atoms with E-state index in [0.29, 0.717) is 10.6 Å². The van der Waals surface area contributed by atoms with Crippen LogP contribution >= 0.6 is 23.2 Å². The normalized spacial score (nSPS) is 11.6. The van der Waals surface area contributed by atoms with Gasteiger partial charge in [0.25, 0.3) is 0 Å². The van der Waals surface area contributed by atoms with Crippen LogP contribution in [0.5, 0.6) is 0 Å². The van der Waals surface area contributed by atoms with Gasteiger partial charge in [-0.2, -0.15) is 0 Å². The molecule has 24 heavy (non-hydrogen) atoms. The third-order valence-electron chi connectivity index (χ3n) is 3.23. The maximum atomic E-state index is 11.9. The second kappa shape index (κ2) is 8.57. The second-order valence-electron chi connectivity index (χ2n) is 5.03. The summed E-state index contributed by atoms with van der Waals surface area (Å²) in [6, 6.07) is 13.1. The summed E-state index contributed by atoms with van der Waals surface area (Å²) in [6.07, 6.45) is -1.02. The standard InChI is InChI=1S/C17H15Cl2NO4/c18-13-7-6-12(8-14(13)19)15(9-16(21)22)20-17(23)24-10-11-4-2-1-3-5-11/h1-8,15H,9-10H2,(H,20,23)(H,21,22)/t15-/m1/s1. The van der Waals surface area contributed by atoms with Crippen LogP contribution in [0.3, 0.4) is 0 Å². The zero-order chi connectivity index (χ0) is 17.5. The van der Waals surface area contributed by atoms with Crippen molar-refractivity contribution < 1.29 is 19.4 Å². The van der Waals surface area contributed by atoms with E-state index in [0.717, 1.165) is 5.56 Å². The van der Waals surface area contributed by atoms with Gasteiger partial charge in [0.05, 0.1) is 22.5 Å². The number of nitrogens with one attached hydrogen (secondary N) is 1. The van der Waals surface area contributed by atoms with E-state index in [1.807, 2.05) is 30.3 Å². The molecule has 0 aliphatic rings. The first-order chi connectivity index (χ1) is 11.5. The zero-order valence-corrected chi connectivity index (χ0v) is 14.1. The first kappa shape index (κ1) is 18.1. The van der Waals surface area contributed by atoms with Gasteiger partial charge in [-0.05, 0) is 23.3 Å². The summed E-state index contributed by atoms with van der Waals surface area (Å²) in [6.45, 7) is 0.0911. The zero-order valence-electron chi connectivity index (χ0n) is 12.5. The smallest absolute Gasteiger partial charge is 0.407 e. The van der Waals surface area contributed by atoms with E-state index < -0.39 is 18.1 Å². The van der Waals surface area contributed by atoms with Crippen molar-refractivity contribution in [2.75, 3.05) is 0 Å². The van der Waals surface area contributed by atoms with Crippen LogP contribution < -0.4 is 5.32 Å². The van der Waals surface area contributed by atoms with Crippen LogP contribution in [0, 0.1) is 0 Å². The lowest BCUT2D eigenvalue weighted by Gasteiger charge is -2.18. The lowest BCUT2D eigenvalue weighted by Crippen LogP contribution is -2.30. The number of halogens is 2.